The summed E-state index contributed by atoms with van der Waals surface area (Å²) in [6.45, 7) is 0.149. The number of aromatic nitrogens is 2. The van der Waals surface area contributed by atoms with E-state index in [1.165, 1.54) is 0 Å². The number of nitrogens with one attached hydrogen (secondary N) is 1. The molecule has 2 aliphatic rings. The Bertz CT molecular complexity index is 1230. The highest BCUT2D eigenvalue weighted by molar-refractivity contribution is 9.10. The van der Waals surface area contributed by atoms with Crippen molar-refractivity contribution >= 4 is 15.9 Å². The van der Waals surface area contributed by atoms with Crippen molar-refractivity contribution in [2.45, 2.75) is 5.92 Å². The molecule has 0 fully saturated rings. The van der Waals surface area contributed by atoms with E-state index in [0.29, 0.717) is 28.5 Å². The van der Waals surface area contributed by atoms with E-state index in [1.807, 2.05) is 36.4 Å². The lowest BCUT2D eigenvalue weighted by Gasteiger charge is -2.25. The molecule has 8 nitrogen and oxygen atoms in total. The van der Waals surface area contributed by atoms with Crippen LogP contribution in [0.3, 0.4) is 0 Å². The molecule has 2 aromatic carbocycles. The number of allylic oxidation sites excluding steroid dienone is 1. The molecule has 1 unspecified atom stereocenters. The van der Waals surface area contributed by atoms with Crippen molar-refractivity contribution in [3.63, 3.8) is 0 Å². The fraction of sp³-hybridized carbons (Fsp3) is 0.143. The molecule has 0 spiro atoms. The molecule has 0 amide bonds. The Morgan fingerprint density at radius 1 is 1.23 bits per heavy atom. The van der Waals surface area contributed by atoms with Gasteiger partial charge in [-0.3, -0.25) is 5.10 Å². The third-order valence-electron chi connectivity index (χ3n) is 5.12. The highest BCUT2D eigenvalue weighted by atomic mass is 79.9. The summed E-state index contributed by atoms with van der Waals surface area (Å²) in [5.41, 5.74) is 9.46. The summed E-state index contributed by atoms with van der Waals surface area (Å²) >= 11 is 3.61. The van der Waals surface area contributed by atoms with Crippen LogP contribution in [0.25, 0.3) is 11.3 Å². The molecule has 1 atom stereocenters. The van der Waals surface area contributed by atoms with Crippen LogP contribution in [0.15, 0.2) is 52.3 Å². The third-order valence-corrected chi connectivity index (χ3v) is 5.81. The van der Waals surface area contributed by atoms with E-state index < -0.39 is 5.92 Å². The third kappa shape index (κ3) is 2.76. The number of nitrogens with two attached hydrogens (primary N) is 1. The van der Waals surface area contributed by atoms with E-state index >= 15 is 0 Å². The van der Waals surface area contributed by atoms with Crippen molar-refractivity contribution in [1.29, 1.82) is 5.26 Å². The van der Waals surface area contributed by atoms with Gasteiger partial charge in [-0.1, -0.05) is 15.9 Å². The molecule has 9 heteroatoms. The monoisotopic (exact) mass is 466 g/mol. The van der Waals surface area contributed by atoms with Crippen molar-refractivity contribution in [3.8, 4) is 40.5 Å². The number of nitriles is 1. The maximum absolute atomic E-state index is 9.88. The van der Waals surface area contributed by atoms with Gasteiger partial charge in [0.1, 0.15) is 17.4 Å². The lowest BCUT2D eigenvalue weighted by Crippen LogP contribution is -2.21. The number of H-pyrrole nitrogens is 1. The predicted molar refractivity (Wildman–Crippen MR) is 110 cm³/mol. The van der Waals surface area contributed by atoms with Crippen LogP contribution in [0.4, 0.5) is 0 Å². The van der Waals surface area contributed by atoms with Crippen LogP contribution in [-0.2, 0) is 0 Å². The van der Waals surface area contributed by atoms with Crippen LogP contribution in [-0.4, -0.2) is 24.1 Å². The summed E-state index contributed by atoms with van der Waals surface area (Å²) in [5.74, 6) is 1.81. The molecule has 3 N–H and O–H groups in total. The Morgan fingerprint density at radius 2 is 1.97 bits per heavy atom. The van der Waals surface area contributed by atoms with E-state index in [2.05, 4.69) is 32.2 Å². The minimum absolute atomic E-state index is 0.0207. The maximum atomic E-state index is 9.88. The normalized spacial score (nSPS) is 16.6. The topological polar surface area (TPSA) is 115 Å². The zero-order valence-electron chi connectivity index (χ0n) is 15.7. The van der Waals surface area contributed by atoms with Gasteiger partial charge in [0.15, 0.2) is 11.5 Å². The van der Waals surface area contributed by atoms with Gasteiger partial charge in [0.05, 0.1) is 24.3 Å². The van der Waals surface area contributed by atoms with Gasteiger partial charge in [-0.05, 0) is 42.0 Å². The van der Waals surface area contributed by atoms with Gasteiger partial charge >= 0.3 is 0 Å². The quantitative estimate of drug-likeness (QED) is 0.602. The van der Waals surface area contributed by atoms with E-state index in [9.17, 15) is 5.26 Å². The number of benzene rings is 2. The Kier molecular flexibility index (Phi) is 4.29. The molecule has 0 saturated carbocycles. The summed E-state index contributed by atoms with van der Waals surface area (Å²) in [4.78, 5) is 0. The van der Waals surface area contributed by atoms with Crippen molar-refractivity contribution in [3.05, 3.63) is 63.5 Å². The first-order chi connectivity index (χ1) is 14.6. The average molecular weight is 467 g/mol. The smallest absolute Gasteiger partial charge is 0.244 e. The zero-order valence-corrected chi connectivity index (χ0v) is 17.3. The van der Waals surface area contributed by atoms with Gasteiger partial charge in [-0.2, -0.15) is 5.26 Å². The van der Waals surface area contributed by atoms with Crippen molar-refractivity contribution < 1.29 is 18.9 Å². The van der Waals surface area contributed by atoms with Crippen molar-refractivity contribution in [2.24, 2.45) is 5.73 Å². The molecule has 2 aliphatic heterocycles. The Hall–Kier alpha value is -3.64. The number of aromatic amines is 1. The van der Waals surface area contributed by atoms with Crippen molar-refractivity contribution in [2.75, 3.05) is 13.9 Å². The molecule has 1 aromatic heterocycles. The van der Waals surface area contributed by atoms with Gasteiger partial charge in [0, 0.05) is 10.0 Å². The largest absolute Gasteiger partial charge is 0.497 e. The molecule has 0 radical (unpaired) electrons. The molecule has 0 bridgehead atoms. The molecular weight excluding hydrogens is 452 g/mol. The summed E-state index contributed by atoms with van der Waals surface area (Å²) in [6.07, 6.45) is 0. The molecule has 3 heterocycles. The minimum Gasteiger partial charge on any atom is -0.497 e. The number of methoxy groups -OCH3 is 1. The van der Waals surface area contributed by atoms with Gasteiger partial charge in [-0.15, -0.1) is 5.10 Å². The number of hydrogen-bond donors (Lipinski definition) is 2. The van der Waals surface area contributed by atoms with Crippen LogP contribution in [0, 0.1) is 11.3 Å². The second kappa shape index (κ2) is 7.00. The average Bonchev–Trinajstić information content (AvgIpc) is 3.38. The number of halogens is 1. The number of ether oxygens (including phenoxy) is 4. The summed E-state index contributed by atoms with van der Waals surface area (Å²) in [7, 11) is 1.61. The predicted octanol–water partition coefficient (Wildman–Crippen LogP) is 3.79. The molecule has 3 aromatic rings. The van der Waals surface area contributed by atoms with Crippen LogP contribution in [0.1, 0.15) is 17.0 Å². The highest BCUT2D eigenvalue weighted by Gasteiger charge is 2.37. The first kappa shape index (κ1) is 18.4. The zero-order chi connectivity index (χ0) is 20.8. The van der Waals surface area contributed by atoms with E-state index in [1.54, 1.807) is 7.11 Å². The van der Waals surface area contributed by atoms with Crippen LogP contribution in [0.2, 0.25) is 0 Å². The van der Waals surface area contributed by atoms with Gasteiger partial charge < -0.3 is 24.7 Å². The standard InChI is InChI=1S/C21H15BrN4O4/c1-27-11-4-2-10(3-5-11)19-18-17(13(8-23)20(24)30-21(18)26-25-19)12-6-15-16(7-14(12)22)29-9-28-15/h2-7,17H,9,24H2,1H3,(H,25,26). The van der Waals surface area contributed by atoms with Gasteiger partial charge in [0.2, 0.25) is 18.6 Å². The lowest BCUT2D eigenvalue weighted by molar-refractivity contribution is 0.174. The number of rotatable bonds is 3. The lowest BCUT2D eigenvalue weighted by atomic mass is 9.83. The Morgan fingerprint density at radius 3 is 2.67 bits per heavy atom. The summed E-state index contributed by atoms with van der Waals surface area (Å²) < 4.78 is 22.7. The SMILES string of the molecule is COc1ccc(-c2[nH]nc3c2C(c2cc4c(cc2Br)OCO4)C(C#N)=C(N)O3)cc1. The fourth-order valence-electron chi connectivity index (χ4n) is 3.69. The second-order valence-electron chi connectivity index (χ2n) is 6.70. The molecule has 5 rings (SSSR count). The summed E-state index contributed by atoms with van der Waals surface area (Å²) in [5, 5.41) is 17.2. The Balaban J connectivity index is 1.72. The van der Waals surface area contributed by atoms with Crippen LogP contribution >= 0.6 is 15.9 Å². The van der Waals surface area contributed by atoms with E-state index in [4.69, 9.17) is 24.7 Å². The molecule has 30 heavy (non-hydrogen) atoms. The molecule has 150 valence electrons. The highest BCUT2D eigenvalue weighted by Crippen LogP contribution is 2.49. The van der Waals surface area contributed by atoms with Gasteiger partial charge in [0.25, 0.3) is 0 Å². The van der Waals surface area contributed by atoms with Crippen LogP contribution < -0.4 is 24.7 Å². The fourth-order valence-corrected chi connectivity index (χ4v) is 4.24. The number of fused-ring (bicyclic) bond motifs is 2. The van der Waals surface area contributed by atoms with Gasteiger partial charge in [-0.25, -0.2) is 0 Å². The number of nitrogens with zero attached hydrogens (tertiary/aromatic N) is 2. The maximum Gasteiger partial charge on any atom is 0.244 e. The van der Waals surface area contributed by atoms with E-state index in [-0.39, 0.29) is 12.7 Å². The first-order valence-corrected chi connectivity index (χ1v) is 9.79. The second-order valence-corrected chi connectivity index (χ2v) is 7.55. The Labute approximate surface area is 179 Å². The molecular formula is C21H15BrN4O4. The minimum atomic E-state index is -0.515. The number of hydrogen-bond acceptors (Lipinski definition) is 7. The van der Waals surface area contributed by atoms with E-state index in [0.717, 1.165) is 27.0 Å². The van der Waals surface area contributed by atoms with Crippen LogP contribution in [0.5, 0.6) is 23.1 Å². The first-order valence-electron chi connectivity index (χ1n) is 9.00. The van der Waals surface area contributed by atoms with Crippen molar-refractivity contribution in [1.82, 2.24) is 10.2 Å². The summed E-state index contributed by atoms with van der Waals surface area (Å²) in [6, 6.07) is 13.4. The molecule has 0 aliphatic carbocycles. The molecule has 0 saturated heterocycles.